The SMILES string of the molecule is NCCn1cc(OCC2CCNCC2)cn1. The highest BCUT2D eigenvalue weighted by molar-refractivity contribution is 5.11. The second-order valence-corrected chi connectivity index (χ2v) is 4.23. The van der Waals surface area contributed by atoms with E-state index in [4.69, 9.17) is 10.5 Å². The average Bonchev–Trinajstić information content (AvgIpc) is 2.76. The molecule has 1 aliphatic rings. The van der Waals surface area contributed by atoms with Crippen LogP contribution in [-0.4, -0.2) is 36.0 Å². The van der Waals surface area contributed by atoms with Crippen molar-refractivity contribution in [2.24, 2.45) is 11.7 Å². The van der Waals surface area contributed by atoms with E-state index in [-0.39, 0.29) is 0 Å². The van der Waals surface area contributed by atoms with Crippen LogP contribution in [0.25, 0.3) is 0 Å². The van der Waals surface area contributed by atoms with Crippen molar-refractivity contribution in [1.82, 2.24) is 15.1 Å². The van der Waals surface area contributed by atoms with Gasteiger partial charge in [0.2, 0.25) is 0 Å². The first-order chi connectivity index (χ1) is 7.88. The summed E-state index contributed by atoms with van der Waals surface area (Å²) in [5, 5.41) is 7.52. The van der Waals surface area contributed by atoms with Gasteiger partial charge in [0, 0.05) is 6.54 Å². The Labute approximate surface area is 96.0 Å². The van der Waals surface area contributed by atoms with Gasteiger partial charge in [0.25, 0.3) is 0 Å². The van der Waals surface area contributed by atoms with E-state index in [9.17, 15) is 0 Å². The summed E-state index contributed by atoms with van der Waals surface area (Å²) in [6, 6.07) is 0. The van der Waals surface area contributed by atoms with Gasteiger partial charge in [-0.3, -0.25) is 4.68 Å². The number of hydrogen-bond donors (Lipinski definition) is 2. The van der Waals surface area contributed by atoms with Crippen molar-refractivity contribution in [3.8, 4) is 5.75 Å². The summed E-state index contributed by atoms with van der Waals surface area (Å²) in [4.78, 5) is 0. The summed E-state index contributed by atoms with van der Waals surface area (Å²) in [6.45, 7) is 4.38. The Bertz CT molecular complexity index is 307. The topological polar surface area (TPSA) is 65.1 Å². The normalized spacial score (nSPS) is 17.6. The fourth-order valence-electron chi connectivity index (χ4n) is 1.94. The molecule has 0 unspecified atom stereocenters. The maximum Gasteiger partial charge on any atom is 0.157 e. The zero-order valence-electron chi connectivity index (χ0n) is 9.56. The Morgan fingerprint density at radius 1 is 1.50 bits per heavy atom. The molecule has 2 rings (SSSR count). The van der Waals surface area contributed by atoms with E-state index in [1.54, 1.807) is 6.20 Å². The molecule has 0 saturated carbocycles. The van der Waals surface area contributed by atoms with E-state index in [2.05, 4.69) is 10.4 Å². The molecule has 5 nitrogen and oxygen atoms in total. The molecule has 1 fully saturated rings. The van der Waals surface area contributed by atoms with Crippen LogP contribution in [0.1, 0.15) is 12.8 Å². The second-order valence-electron chi connectivity index (χ2n) is 4.23. The molecule has 5 heteroatoms. The molecular weight excluding hydrogens is 204 g/mol. The minimum Gasteiger partial charge on any atom is -0.490 e. The Kier molecular flexibility index (Phi) is 4.18. The lowest BCUT2D eigenvalue weighted by Gasteiger charge is -2.22. The minimum absolute atomic E-state index is 0.607. The van der Waals surface area contributed by atoms with Crippen LogP contribution >= 0.6 is 0 Å². The molecule has 16 heavy (non-hydrogen) atoms. The fraction of sp³-hybridized carbons (Fsp3) is 0.727. The first-order valence-electron chi connectivity index (χ1n) is 5.94. The van der Waals surface area contributed by atoms with Crippen LogP contribution in [0, 0.1) is 5.92 Å². The molecule has 1 saturated heterocycles. The van der Waals surface area contributed by atoms with Crippen LogP contribution in [0.15, 0.2) is 12.4 Å². The molecule has 2 heterocycles. The van der Waals surface area contributed by atoms with E-state index in [1.807, 2.05) is 10.9 Å². The summed E-state index contributed by atoms with van der Waals surface area (Å²) in [5.74, 6) is 1.53. The van der Waals surface area contributed by atoms with Crippen molar-refractivity contribution in [3.63, 3.8) is 0 Å². The maximum atomic E-state index is 5.72. The molecule has 90 valence electrons. The fourth-order valence-corrected chi connectivity index (χ4v) is 1.94. The number of ether oxygens (including phenoxy) is 1. The molecule has 0 amide bonds. The number of aromatic nitrogens is 2. The smallest absolute Gasteiger partial charge is 0.157 e. The highest BCUT2D eigenvalue weighted by Gasteiger charge is 2.13. The van der Waals surface area contributed by atoms with Gasteiger partial charge in [-0.25, -0.2) is 0 Å². The molecule has 0 bridgehead atoms. The molecular formula is C11H20N4O. The predicted octanol–water partition coefficient (Wildman–Crippen LogP) is 0.220. The lowest BCUT2D eigenvalue weighted by molar-refractivity contribution is 0.215. The van der Waals surface area contributed by atoms with E-state index in [1.165, 1.54) is 12.8 Å². The van der Waals surface area contributed by atoms with Crippen LogP contribution in [0.4, 0.5) is 0 Å². The van der Waals surface area contributed by atoms with E-state index in [0.29, 0.717) is 12.5 Å². The van der Waals surface area contributed by atoms with Crippen LogP contribution in [0.2, 0.25) is 0 Å². The molecule has 0 aliphatic carbocycles. The van der Waals surface area contributed by atoms with E-state index in [0.717, 1.165) is 32.0 Å². The van der Waals surface area contributed by atoms with Gasteiger partial charge in [-0.05, 0) is 31.8 Å². The summed E-state index contributed by atoms with van der Waals surface area (Å²) < 4.78 is 7.54. The number of nitrogens with zero attached hydrogens (tertiary/aromatic N) is 2. The van der Waals surface area contributed by atoms with Crippen molar-refractivity contribution in [2.75, 3.05) is 26.2 Å². The molecule has 0 radical (unpaired) electrons. The molecule has 0 atom stereocenters. The quantitative estimate of drug-likeness (QED) is 0.751. The van der Waals surface area contributed by atoms with Gasteiger partial charge in [-0.2, -0.15) is 5.10 Å². The second kappa shape index (κ2) is 5.86. The monoisotopic (exact) mass is 224 g/mol. The number of hydrogen-bond acceptors (Lipinski definition) is 4. The number of piperidine rings is 1. The van der Waals surface area contributed by atoms with Crippen molar-refractivity contribution in [2.45, 2.75) is 19.4 Å². The molecule has 1 aliphatic heterocycles. The van der Waals surface area contributed by atoms with Gasteiger partial charge < -0.3 is 15.8 Å². The highest BCUT2D eigenvalue weighted by Crippen LogP contribution is 2.15. The average molecular weight is 224 g/mol. The summed E-state index contributed by atoms with van der Waals surface area (Å²) in [6.07, 6.45) is 6.08. The highest BCUT2D eigenvalue weighted by atomic mass is 16.5. The van der Waals surface area contributed by atoms with Gasteiger partial charge in [0.15, 0.2) is 5.75 Å². The Hall–Kier alpha value is -1.07. The number of nitrogens with one attached hydrogen (secondary N) is 1. The molecule has 3 N–H and O–H groups in total. The first-order valence-corrected chi connectivity index (χ1v) is 5.94. The van der Waals surface area contributed by atoms with Crippen molar-refractivity contribution in [3.05, 3.63) is 12.4 Å². The van der Waals surface area contributed by atoms with Crippen LogP contribution < -0.4 is 15.8 Å². The van der Waals surface area contributed by atoms with Gasteiger partial charge in [0.1, 0.15) is 0 Å². The van der Waals surface area contributed by atoms with Gasteiger partial charge >= 0.3 is 0 Å². The maximum absolute atomic E-state index is 5.72. The Morgan fingerprint density at radius 2 is 2.31 bits per heavy atom. The standard InChI is InChI=1S/C11H20N4O/c12-3-6-15-8-11(7-14-15)16-9-10-1-4-13-5-2-10/h7-8,10,13H,1-6,9,12H2. The van der Waals surface area contributed by atoms with Crippen LogP contribution in [0.5, 0.6) is 5.75 Å². The minimum atomic E-state index is 0.607. The van der Waals surface area contributed by atoms with Gasteiger partial charge in [-0.15, -0.1) is 0 Å². The number of nitrogens with two attached hydrogens (primary N) is 1. The van der Waals surface area contributed by atoms with Gasteiger partial charge in [0.05, 0.1) is 25.5 Å². The lowest BCUT2D eigenvalue weighted by atomic mass is 9.99. The molecule has 1 aromatic heterocycles. The molecule has 0 aromatic carbocycles. The molecule has 0 spiro atoms. The third kappa shape index (κ3) is 3.21. The molecule has 1 aromatic rings. The first kappa shape index (κ1) is 11.4. The van der Waals surface area contributed by atoms with Crippen molar-refractivity contribution < 1.29 is 4.74 Å². The summed E-state index contributed by atoms with van der Waals surface area (Å²) in [7, 11) is 0. The van der Waals surface area contributed by atoms with Crippen LogP contribution in [-0.2, 0) is 6.54 Å². The zero-order valence-corrected chi connectivity index (χ0v) is 9.56. The largest absolute Gasteiger partial charge is 0.490 e. The predicted molar refractivity (Wildman–Crippen MR) is 62.4 cm³/mol. The van der Waals surface area contributed by atoms with Gasteiger partial charge in [-0.1, -0.05) is 0 Å². The van der Waals surface area contributed by atoms with Crippen LogP contribution in [0.3, 0.4) is 0 Å². The third-order valence-corrected chi connectivity index (χ3v) is 2.91. The summed E-state index contributed by atoms with van der Waals surface area (Å²) >= 11 is 0. The zero-order chi connectivity index (χ0) is 11.2. The lowest BCUT2D eigenvalue weighted by Crippen LogP contribution is -2.30. The van der Waals surface area contributed by atoms with Crippen molar-refractivity contribution in [1.29, 1.82) is 0 Å². The third-order valence-electron chi connectivity index (χ3n) is 2.91. The summed E-state index contributed by atoms with van der Waals surface area (Å²) in [5.41, 5.74) is 5.45. The Balaban J connectivity index is 1.75. The number of rotatable bonds is 5. The van der Waals surface area contributed by atoms with E-state index >= 15 is 0 Å². The Morgan fingerprint density at radius 3 is 3.06 bits per heavy atom. The van der Waals surface area contributed by atoms with Crippen molar-refractivity contribution >= 4 is 0 Å². The van der Waals surface area contributed by atoms with E-state index < -0.39 is 0 Å².